The molecule has 0 fully saturated rings. The first-order valence-corrected chi connectivity index (χ1v) is 8.51. The van der Waals surface area contributed by atoms with Crippen LogP contribution in [0, 0.1) is 12.8 Å². The van der Waals surface area contributed by atoms with E-state index < -0.39 is 0 Å². The van der Waals surface area contributed by atoms with Gasteiger partial charge in [-0.25, -0.2) is 14.5 Å². The van der Waals surface area contributed by atoms with Crippen molar-refractivity contribution >= 4 is 5.65 Å². The van der Waals surface area contributed by atoms with Crippen LogP contribution in [0.3, 0.4) is 0 Å². The normalized spacial score (nSPS) is 13.2. The first-order valence-electron chi connectivity index (χ1n) is 8.51. The molecule has 0 saturated heterocycles. The lowest BCUT2D eigenvalue weighted by molar-refractivity contribution is 0.221. The number of nitrogens with zero attached hydrogens (tertiary/aromatic N) is 4. The number of fused-ring (bicyclic) bond motifs is 1. The molecule has 3 heterocycles. The zero-order valence-electron chi connectivity index (χ0n) is 15.2. The largest absolute Gasteiger partial charge is 0.477 e. The molecule has 0 aliphatic rings. The third-order valence-electron chi connectivity index (χ3n) is 4.00. The average molecular weight is 339 g/mol. The van der Waals surface area contributed by atoms with Gasteiger partial charge in [0.15, 0.2) is 5.65 Å². The van der Waals surface area contributed by atoms with Crippen LogP contribution in [0.2, 0.25) is 0 Å². The van der Waals surface area contributed by atoms with E-state index >= 15 is 0 Å². The predicted octanol–water partition coefficient (Wildman–Crippen LogP) is 3.24. The van der Waals surface area contributed by atoms with Crippen LogP contribution in [-0.2, 0) is 0 Å². The molecule has 132 valence electrons. The van der Waals surface area contributed by atoms with E-state index in [1.165, 1.54) is 0 Å². The molecule has 3 aromatic heterocycles. The van der Waals surface area contributed by atoms with Crippen molar-refractivity contribution in [2.45, 2.75) is 39.7 Å². The summed E-state index contributed by atoms with van der Waals surface area (Å²) in [6.45, 7) is 8.82. The molecule has 2 N–H and O–H groups in total. The molecular weight excluding hydrogens is 314 g/mol. The number of ether oxygens (including phenoxy) is 1. The molecule has 0 radical (unpaired) electrons. The molecule has 0 aliphatic heterocycles. The Morgan fingerprint density at radius 3 is 2.76 bits per heavy atom. The van der Waals surface area contributed by atoms with Crippen LogP contribution in [0.15, 0.2) is 36.8 Å². The van der Waals surface area contributed by atoms with Gasteiger partial charge in [-0.2, -0.15) is 5.10 Å². The summed E-state index contributed by atoms with van der Waals surface area (Å²) in [6, 6.07) is 5.88. The van der Waals surface area contributed by atoms with Crippen LogP contribution in [0.4, 0.5) is 0 Å². The Morgan fingerprint density at radius 1 is 1.24 bits per heavy atom. The lowest BCUT2D eigenvalue weighted by Crippen LogP contribution is -2.35. The quantitative estimate of drug-likeness (QED) is 0.746. The second-order valence-corrected chi connectivity index (χ2v) is 7.39. The Kier molecular flexibility index (Phi) is 4.72. The highest BCUT2D eigenvalue weighted by Gasteiger charge is 2.17. The minimum Gasteiger partial charge on any atom is -0.477 e. The summed E-state index contributed by atoms with van der Waals surface area (Å²) in [7, 11) is 0. The Hall–Kier alpha value is -2.47. The van der Waals surface area contributed by atoms with Crippen LogP contribution >= 0.6 is 0 Å². The van der Waals surface area contributed by atoms with Gasteiger partial charge in [0.2, 0.25) is 5.88 Å². The highest BCUT2D eigenvalue weighted by atomic mass is 16.5. The maximum Gasteiger partial charge on any atom is 0.216 e. The fraction of sp³-hybridized carbons (Fsp3) is 0.421. The van der Waals surface area contributed by atoms with Crippen molar-refractivity contribution in [1.82, 2.24) is 19.6 Å². The Labute approximate surface area is 148 Å². The molecule has 3 aromatic rings. The number of hydrogen-bond acceptors (Lipinski definition) is 5. The van der Waals surface area contributed by atoms with E-state index in [-0.39, 0.29) is 5.54 Å². The highest BCUT2D eigenvalue weighted by Crippen LogP contribution is 2.24. The first-order chi connectivity index (χ1) is 11.8. The number of nitrogens with two attached hydrogens (primary N) is 1. The van der Waals surface area contributed by atoms with Gasteiger partial charge in [-0.15, -0.1) is 0 Å². The summed E-state index contributed by atoms with van der Waals surface area (Å²) in [5.74, 6) is 1.03. The lowest BCUT2D eigenvalue weighted by Gasteiger charge is -2.23. The summed E-state index contributed by atoms with van der Waals surface area (Å²) in [5, 5.41) is 4.32. The van der Waals surface area contributed by atoms with Gasteiger partial charge in [-0.1, -0.05) is 6.92 Å². The fourth-order valence-corrected chi connectivity index (χ4v) is 3.08. The molecule has 1 atom stereocenters. The van der Waals surface area contributed by atoms with E-state index in [4.69, 9.17) is 10.5 Å². The summed E-state index contributed by atoms with van der Waals surface area (Å²) in [6.07, 6.45) is 6.24. The minimum atomic E-state index is -0.189. The molecule has 0 unspecified atom stereocenters. The van der Waals surface area contributed by atoms with E-state index in [1.54, 1.807) is 12.4 Å². The SMILES string of the molecule is Cc1cc(-c2ccnc3ccnn23)cnc1OC[C@H](C)CC(C)(C)N. The van der Waals surface area contributed by atoms with Crippen molar-refractivity contribution in [3.8, 4) is 17.1 Å². The molecule has 0 saturated carbocycles. The number of hydrogen-bond donors (Lipinski definition) is 1. The van der Waals surface area contributed by atoms with E-state index in [1.807, 2.05) is 43.6 Å². The second-order valence-electron chi connectivity index (χ2n) is 7.39. The van der Waals surface area contributed by atoms with Crippen molar-refractivity contribution in [3.05, 3.63) is 42.4 Å². The number of pyridine rings is 1. The van der Waals surface area contributed by atoms with Gasteiger partial charge in [0.1, 0.15) is 0 Å². The van der Waals surface area contributed by atoms with Gasteiger partial charge in [0.05, 0.1) is 18.5 Å². The van der Waals surface area contributed by atoms with Crippen molar-refractivity contribution in [2.75, 3.05) is 6.61 Å². The molecular formula is C19H25N5O. The monoisotopic (exact) mass is 339 g/mol. The van der Waals surface area contributed by atoms with Gasteiger partial charge in [-0.3, -0.25) is 0 Å². The Morgan fingerprint density at radius 2 is 2.04 bits per heavy atom. The smallest absolute Gasteiger partial charge is 0.216 e. The van der Waals surface area contributed by atoms with Crippen LogP contribution in [0.5, 0.6) is 5.88 Å². The molecule has 0 spiro atoms. The molecule has 25 heavy (non-hydrogen) atoms. The number of aromatic nitrogens is 4. The number of rotatable bonds is 6. The standard InChI is InChI=1S/C19H25N5O/c1-13(10-19(3,4)20)12-25-18-14(2)9-15(11-22-18)16-5-7-21-17-6-8-23-24(16)17/h5-9,11,13H,10,12,20H2,1-4H3/t13-/m1/s1. The van der Waals surface area contributed by atoms with E-state index in [9.17, 15) is 0 Å². The lowest BCUT2D eigenvalue weighted by atomic mass is 9.93. The van der Waals surface area contributed by atoms with Crippen LogP contribution in [-0.4, -0.2) is 31.7 Å². The summed E-state index contributed by atoms with van der Waals surface area (Å²) in [5.41, 5.74) is 9.63. The van der Waals surface area contributed by atoms with Crippen molar-refractivity contribution in [2.24, 2.45) is 11.7 Å². The third-order valence-corrected chi connectivity index (χ3v) is 4.00. The van der Waals surface area contributed by atoms with E-state index in [0.717, 1.165) is 28.9 Å². The Balaban J connectivity index is 1.76. The van der Waals surface area contributed by atoms with Crippen molar-refractivity contribution in [1.29, 1.82) is 0 Å². The Bertz CT molecular complexity index is 866. The van der Waals surface area contributed by atoms with Crippen molar-refractivity contribution < 1.29 is 4.74 Å². The first kappa shape index (κ1) is 17.4. The van der Waals surface area contributed by atoms with Gasteiger partial charge in [0.25, 0.3) is 0 Å². The zero-order valence-corrected chi connectivity index (χ0v) is 15.2. The summed E-state index contributed by atoms with van der Waals surface area (Å²) >= 11 is 0. The summed E-state index contributed by atoms with van der Waals surface area (Å²) in [4.78, 5) is 8.79. The van der Waals surface area contributed by atoms with E-state index in [2.05, 4.69) is 28.1 Å². The number of aryl methyl sites for hydroxylation is 1. The van der Waals surface area contributed by atoms with Crippen LogP contribution in [0.25, 0.3) is 16.9 Å². The van der Waals surface area contributed by atoms with Gasteiger partial charge >= 0.3 is 0 Å². The molecule has 0 bridgehead atoms. The molecule has 0 aliphatic carbocycles. The second kappa shape index (κ2) is 6.80. The molecule has 6 nitrogen and oxygen atoms in total. The molecule has 6 heteroatoms. The summed E-state index contributed by atoms with van der Waals surface area (Å²) < 4.78 is 7.71. The van der Waals surface area contributed by atoms with E-state index in [0.29, 0.717) is 18.4 Å². The van der Waals surface area contributed by atoms with Crippen molar-refractivity contribution in [3.63, 3.8) is 0 Å². The molecule has 3 rings (SSSR count). The van der Waals surface area contributed by atoms with Crippen LogP contribution in [0.1, 0.15) is 32.8 Å². The minimum absolute atomic E-state index is 0.189. The molecule has 0 amide bonds. The topological polar surface area (TPSA) is 78.3 Å². The van der Waals surface area contributed by atoms with Crippen LogP contribution < -0.4 is 10.5 Å². The highest BCUT2D eigenvalue weighted by molar-refractivity contribution is 5.62. The zero-order chi connectivity index (χ0) is 18.0. The van der Waals surface area contributed by atoms with Gasteiger partial charge in [-0.05, 0) is 45.2 Å². The van der Waals surface area contributed by atoms with Gasteiger partial charge in [0, 0.05) is 35.1 Å². The van der Waals surface area contributed by atoms with Gasteiger partial charge < -0.3 is 10.5 Å². The maximum atomic E-state index is 6.07. The maximum absolute atomic E-state index is 6.07. The third kappa shape index (κ3) is 4.14. The average Bonchev–Trinajstić information content (AvgIpc) is 3.00. The molecule has 0 aromatic carbocycles. The predicted molar refractivity (Wildman–Crippen MR) is 98.5 cm³/mol. The fourth-order valence-electron chi connectivity index (χ4n) is 3.08.